The standard InChI is InChI=1S/C12H21N3O/c1-6-9-8(3)14-11(15-10(9)13)12(4,7-2)16-5/h6-7H2,1-5H3,(H2,13,14,15). The number of nitrogen functional groups attached to an aromatic ring is 1. The van der Waals surface area contributed by atoms with Crippen LogP contribution in [-0.4, -0.2) is 17.1 Å². The first-order valence-corrected chi connectivity index (χ1v) is 5.67. The zero-order chi connectivity index (χ0) is 12.3. The molecule has 0 radical (unpaired) electrons. The maximum Gasteiger partial charge on any atom is 0.162 e. The van der Waals surface area contributed by atoms with Crippen LogP contribution in [0.2, 0.25) is 0 Å². The lowest BCUT2D eigenvalue weighted by Gasteiger charge is -2.25. The molecule has 0 bridgehead atoms. The quantitative estimate of drug-likeness (QED) is 0.850. The third kappa shape index (κ3) is 2.16. The van der Waals surface area contributed by atoms with Crippen molar-refractivity contribution < 1.29 is 4.74 Å². The molecule has 0 aromatic carbocycles. The van der Waals surface area contributed by atoms with E-state index in [9.17, 15) is 0 Å². The highest BCUT2D eigenvalue weighted by atomic mass is 16.5. The molecule has 0 saturated carbocycles. The van der Waals surface area contributed by atoms with Crippen LogP contribution in [0.4, 0.5) is 5.82 Å². The zero-order valence-corrected chi connectivity index (χ0v) is 10.8. The van der Waals surface area contributed by atoms with Crippen molar-refractivity contribution in [2.24, 2.45) is 0 Å². The molecule has 90 valence electrons. The summed E-state index contributed by atoms with van der Waals surface area (Å²) in [5.74, 6) is 1.24. The number of ether oxygens (including phenoxy) is 1. The molecule has 0 aliphatic heterocycles. The van der Waals surface area contributed by atoms with Crippen LogP contribution in [0, 0.1) is 6.92 Å². The molecule has 0 aliphatic rings. The van der Waals surface area contributed by atoms with Gasteiger partial charge in [0.1, 0.15) is 11.4 Å². The minimum absolute atomic E-state index is 0.453. The lowest BCUT2D eigenvalue weighted by Crippen LogP contribution is -2.27. The van der Waals surface area contributed by atoms with Crippen LogP contribution in [0.1, 0.15) is 44.3 Å². The van der Waals surface area contributed by atoms with Gasteiger partial charge in [-0.1, -0.05) is 13.8 Å². The molecule has 1 atom stereocenters. The number of methoxy groups -OCH3 is 1. The Morgan fingerprint density at radius 1 is 1.31 bits per heavy atom. The molecule has 0 aliphatic carbocycles. The number of aromatic nitrogens is 2. The Morgan fingerprint density at radius 3 is 2.31 bits per heavy atom. The van der Waals surface area contributed by atoms with Crippen molar-refractivity contribution in [1.29, 1.82) is 0 Å². The van der Waals surface area contributed by atoms with Crippen LogP contribution in [0.15, 0.2) is 0 Å². The fourth-order valence-electron chi connectivity index (χ4n) is 1.69. The average molecular weight is 223 g/mol. The van der Waals surface area contributed by atoms with Gasteiger partial charge in [-0.15, -0.1) is 0 Å². The van der Waals surface area contributed by atoms with Crippen molar-refractivity contribution in [3.8, 4) is 0 Å². The van der Waals surface area contributed by atoms with Gasteiger partial charge in [-0.2, -0.15) is 0 Å². The van der Waals surface area contributed by atoms with Crippen LogP contribution in [0.3, 0.4) is 0 Å². The third-order valence-corrected chi connectivity index (χ3v) is 3.20. The maximum absolute atomic E-state index is 5.93. The van der Waals surface area contributed by atoms with Crippen molar-refractivity contribution in [2.45, 2.75) is 46.1 Å². The number of hydrogen-bond acceptors (Lipinski definition) is 4. The van der Waals surface area contributed by atoms with Gasteiger partial charge in [0.2, 0.25) is 0 Å². The Labute approximate surface area is 97.2 Å². The molecule has 16 heavy (non-hydrogen) atoms. The molecular formula is C12H21N3O. The monoisotopic (exact) mass is 223 g/mol. The molecule has 4 nitrogen and oxygen atoms in total. The van der Waals surface area contributed by atoms with Crippen molar-refractivity contribution in [1.82, 2.24) is 9.97 Å². The first-order valence-electron chi connectivity index (χ1n) is 5.67. The van der Waals surface area contributed by atoms with Crippen LogP contribution in [0.25, 0.3) is 0 Å². The van der Waals surface area contributed by atoms with Gasteiger partial charge in [-0.25, -0.2) is 9.97 Å². The summed E-state index contributed by atoms with van der Waals surface area (Å²) in [7, 11) is 1.67. The average Bonchev–Trinajstić information content (AvgIpc) is 2.27. The van der Waals surface area contributed by atoms with Crippen molar-refractivity contribution in [2.75, 3.05) is 12.8 Å². The first kappa shape index (κ1) is 12.9. The van der Waals surface area contributed by atoms with Crippen LogP contribution >= 0.6 is 0 Å². The topological polar surface area (TPSA) is 61.0 Å². The molecule has 0 saturated heterocycles. The van der Waals surface area contributed by atoms with E-state index in [0.717, 1.165) is 24.1 Å². The van der Waals surface area contributed by atoms with E-state index in [1.807, 2.05) is 20.8 Å². The second-order valence-corrected chi connectivity index (χ2v) is 4.14. The largest absolute Gasteiger partial charge is 0.383 e. The van der Waals surface area contributed by atoms with Gasteiger partial charge >= 0.3 is 0 Å². The smallest absolute Gasteiger partial charge is 0.162 e. The second kappa shape index (κ2) is 4.78. The summed E-state index contributed by atoms with van der Waals surface area (Å²) >= 11 is 0. The Hall–Kier alpha value is -1.16. The Kier molecular flexibility index (Phi) is 3.86. The molecule has 1 aromatic rings. The third-order valence-electron chi connectivity index (χ3n) is 3.20. The fourth-order valence-corrected chi connectivity index (χ4v) is 1.69. The van der Waals surface area contributed by atoms with Crippen molar-refractivity contribution in [3.05, 3.63) is 17.1 Å². The van der Waals surface area contributed by atoms with E-state index in [2.05, 4.69) is 16.9 Å². The highest BCUT2D eigenvalue weighted by Crippen LogP contribution is 2.27. The molecule has 1 heterocycles. The van der Waals surface area contributed by atoms with Gasteiger partial charge < -0.3 is 10.5 Å². The fraction of sp³-hybridized carbons (Fsp3) is 0.667. The van der Waals surface area contributed by atoms with Crippen LogP contribution in [-0.2, 0) is 16.8 Å². The number of anilines is 1. The second-order valence-electron chi connectivity index (χ2n) is 4.14. The summed E-state index contributed by atoms with van der Waals surface area (Å²) in [6, 6.07) is 0. The van der Waals surface area contributed by atoms with Crippen LogP contribution < -0.4 is 5.73 Å². The predicted octanol–water partition coefficient (Wildman–Crippen LogP) is 2.20. The molecule has 1 unspecified atom stereocenters. The van der Waals surface area contributed by atoms with E-state index in [1.54, 1.807) is 7.11 Å². The van der Waals surface area contributed by atoms with Gasteiger partial charge in [0.15, 0.2) is 5.82 Å². The normalized spacial score (nSPS) is 14.8. The molecule has 1 aromatic heterocycles. The van der Waals surface area contributed by atoms with Gasteiger partial charge in [0.05, 0.1) is 0 Å². The number of rotatable bonds is 4. The minimum atomic E-state index is -0.453. The lowest BCUT2D eigenvalue weighted by atomic mass is 10.0. The van der Waals surface area contributed by atoms with Crippen LogP contribution in [0.5, 0.6) is 0 Å². The lowest BCUT2D eigenvalue weighted by molar-refractivity contribution is -0.00901. The Balaban J connectivity index is 3.27. The van der Waals surface area contributed by atoms with Gasteiger partial charge in [0.25, 0.3) is 0 Å². The molecule has 1 rings (SSSR count). The van der Waals surface area contributed by atoms with Crippen molar-refractivity contribution >= 4 is 5.82 Å². The predicted molar refractivity (Wildman–Crippen MR) is 65.2 cm³/mol. The summed E-state index contributed by atoms with van der Waals surface area (Å²) in [4.78, 5) is 8.86. The molecule has 0 fully saturated rings. The van der Waals surface area contributed by atoms with E-state index >= 15 is 0 Å². The number of aryl methyl sites for hydroxylation is 1. The van der Waals surface area contributed by atoms with Gasteiger partial charge in [0, 0.05) is 18.4 Å². The van der Waals surface area contributed by atoms with E-state index < -0.39 is 5.60 Å². The first-order chi connectivity index (χ1) is 7.48. The molecule has 2 N–H and O–H groups in total. The molecule has 0 spiro atoms. The highest BCUT2D eigenvalue weighted by molar-refractivity contribution is 5.42. The zero-order valence-electron chi connectivity index (χ0n) is 10.8. The Bertz CT molecular complexity index is 350. The van der Waals surface area contributed by atoms with E-state index in [-0.39, 0.29) is 0 Å². The maximum atomic E-state index is 5.93. The Morgan fingerprint density at radius 2 is 1.94 bits per heavy atom. The van der Waals surface area contributed by atoms with E-state index in [1.165, 1.54) is 0 Å². The SMILES string of the molecule is CCc1c(C)nc(C(C)(CC)OC)nc1N. The van der Waals surface area contributed by atoms with Gasteiger partial charge in [-0.05, 0) is 26.7 Å². The number of nitrogens with two attached hydrogens (primary N) is 1. The van der Waals surface area contributed by atoms with Gasteiger partial charge in [-0.3, -0.25) is 0 Å². The molecule has 4 heteroatoms. The summed E-state index contributed by atoms with van der Waals surface area (Å²) < 4.78 is 5.48. The highest BCUT2D eigenvalue weighted by Gasteiger charge is 2.28. The number of hydrogen-bond donors (Lipinski definition) is 1. The minimum Gasteiger partial charge on any atom is -0.383 e. The summed E-state index contributed by atoms with van der Waals surface area (Å²) in [5, 5.41) is 0. The van der Waals surface area contributed by atoms with Crippen molar-refractivity contribution in [3.63, 3.8) is 0 Å². The summed E-state index contributed by atoms with van der Waals surface area (Å²) in [6.45, 7) is 8.04. The molecular weight excluding hydrogens is 202 g/mol. The number of nitrogens with zero attached hydrogens (tertiary/aromatic N) is 2. The van der Waals surface area contributed by atoms with E-state index in [0.29, 0.717) is 11.6 Å². The summed E-state index contributed by atoms with van der Waals surface area (Å²) in [5.41, 5.74) is 7.45. The van der Waals surface area contributed by atoms with E-state index in [4.69, 9.17) is 10.5 Å². The molecule has 0 amide bonds. The summed E-state index contributed by atoms with van der Waals surface area (Å²) in [6.07, 6.45) is 1.67.